The molecule has 23 heavy (non-hydrogen) atoms. The molecule has 3 aromatic rings. The van der Waals surface area contributed by atoms with E-state index in [-0.39, 0.29) is 11.7 Å². The van der Waals surface area contributed by atoms with Crippen LogP contribution in [0.4, 0.5) is 5.69 Å². The van der Waals surface area contributed by atoms with Gasteiger partial charge >= 0.3 is 11.8 Å². The maximum absolute atomic E-state index is 12.2. The van der Waals surface area contributed by atoms with Crippen LogP contribution in [0.1, 0.15) is 10.7 Å². The Morgan fingerprint density at radius 2 is 2.22 bits per heavy atom. The van der Waals surface area contributed by atoms with Crippen molar-refractivity contribution in [3.63, 3.8) is 0 Å². The van der Waals surface area contributed by atoms with Crippen molar-refractivity contribution < 1.29 is 14.1 Å². The van der Waals surface area contributed by atoms with Crippen LogP contribution in [0.25, 0.3) is 11.5 Å². The smallest absolute Gasteiger partial charge is 0.316 e. The number of benzene rings is 1. The second-order valence-electron chi connectivity index (χ2n) is 4.31. The van der Waals surface area contributed by atoms with Crippen molar-refractivity contribution in [1.82, 2.24) is 20.1 Å². The van der Waals surface area contributed by atoms with Gasteiger partial charge in [-0.15, -0.1) is 0 Å². The van der Waals surface area contributed by atoms with E-state index in [4.69, 9.17) is 20.9 Å². The largest absolute Gasteiger partial charge is 0.495 e. The number of aromatic nitrogens is 4. The van der Waals surface area contributed by atoms with Crippen LogP contribution in [-0.2, 0) is 0 Å². The Morgan fingerprint density at radius 1 is 1.35 bits per heavy atom. The van der Waals surface area contributed by atoms with Crippen LogP contribution in [0.5, 0.6) is 5.75 Å². The number of anilines is 1. The van der Waals surface area contributed by atoms with Gasteiger partial charge in [-0.3, -0.25) is 9.78 Å². The molecule has 1 aromatic carbocycles. The number of hydrogen-bond donors (Lipinski definition) is 1. The van der Waals surface area contributed by atoms with E-state index in [0.717, 1.165) is 0 Å². The number of carbonyl (C=O) groups excluding carboxylic acids is 1. The molecule has 3 rings (SSSR count). The van der Waals surface area contributed by atoms with Gasteiger partial charge in [0, 0.05) is 17.4 Å². The number of halogens is 1. The maximum atomic E-state index is 12.2. The maximum Gasteiger partial charge on any atom is 0.316 e. The first-order valence-corrected chi connectivity index (χ1v) is 6.80. The van der Waals surface area contributed by atoms with Gasteiger partial charge in [0.2, 0.25) is 5.82 Å². The van der Waals surface area contributed by atoms with Crippen molar-refractivity contribution in [3.8, 4) is 17.3 Å². The fourth-order valence-electron chi connectivity index (χ4n) is 1.79. The molecule has 8 nitrogen and oxygen atoms in total. The van der Waals surface area contributed by atoms with Gasteiger partial charge < -0.3 is 14.6 Å². The van der Waals surface area contributed by atoms with Gasteiger partial charge in [-0.25, -0.2) is 4.98 Å². The molecule has 2 heterocycles. The fraction of sp³-hybridized carbons (Fsp3) is 0.0714. The molecule has 1 N–H and O–H groups in total. The Morgan fingerprint density at radius 3 is 2.96 bits per heavy atom. The molecule has 0 saturated heterocycles. The van der Waals surface area contributed by atoms with Gasteiger partial charge in [-0.05, 0) is 18.2 Å². The number of amides is 1. The second-order valence-corrected chi connectivity index (χ2v) is 4.75. The lowest BCUT2D eigenvalue weighted by Gasteiger charge is -2.08. The van der Waals surface area contributed by atoms with Crippen molar-refractivity contribution in [2.45, 2.75) is 0 Å². The average molecular weight is 332 g/mol. The van der Waals surface area contributed by atoms with Crippen molar-refractivity contribution in [2.75, 3.05) is 12.4 Å². The number of carbonyl (C=O) groups is 1. The van der Waals surface area contributed by atoms with Crippen LogP contribution in [0.2, 0.25) is 5.02 Å². The third kappa shape index (κ3) is 3.27. The molecule has 0 spiro atoms. The first-order valence-electron chi connectivity index (χ1n) is 6.42. The third-order valence-electron chi connectivity index (χ3n) is 2.82. The van der Waals surface area contributed by atoms with Gasteiger partial charge in [-0.1, -0.05) is 16.8 Å². The van der Waals surface area contributed by atoms with E-state index in [0.29, 0.717) is 22.2 Å². The monoisotopic (exact) mass is 331 g/mol. The van der Waals surface area contributed by atoms with Crippen molar-refractivity contribution in [2.24, 2.45) is 0 Å². The summed E-state index contributed by atoms with van der Waals surface area (Å²) in [7, 11) is 1.48. The zero-order chi connectivity index (χ0) is 16.2. The average Bonchev–Trinajstić information content (AvgIpc) is 3.06. The molecule has 0 aliphatic heterocycles. The van der Waals surface area contributed by atoms with Crippen LogP contribution in [-0.4, -0.2) is 33.1 Å². The van der Waals surface area contributed by atoms with Gasteiger partial charge in [0.05, 0.1) is 19.0 Å². The van der Waals surface area contributed by atoms with Crippen LogP contribution in [0.15, 0.2) is 41.3 Å². The van der Waals surface area contributed by atoms with E-state index in [1.165, 1.54) is 25.7 Å². The summed E-state index contributed by atoms with van der Waals surface area (Å²) in [5.74, 6) is -0.182. The predicted molar refractivity (Wildman–Crippen MR) is 81.3 cm³/mol. The van der Waals surface area contributed by atoms with Gasteiger partial charge in [0.25, 0.3) is 0 Å². The molecule has 0 aliphatic rings. The van der Waals surface area contributed by atoms with E-state index in [1.807, 2.05) is 0 Å². The highest BCUT2D eigenvalue weighted by molar-refractivity contribution is 6.31. The summed E-state index contributed by atoms with van der Waals surface area (Å²) < 4.78 is 10.1. The summed E-state index contributed by atoms with van der Waals surface area (Å²) >= 11 is 5.91. The molecule has 0 saturated carbocycles. The number of nitrogens with zero attached hydrogens (tertiary/aromatic N) is 4. The first kappa shape index (κ1) is 14.9. The van der Waals surface area contributed by atoms with Crippen molar-refractivity contribution >= 4 is 23.2 Å². The van der Waals surface area contributed by atoms with E-state index < -0.39 is 5.91 Å². The van der Waals surface area contributed by atoms with Crippen LogP contribution >= 0.6 is 11.6 Å². The lowest BCUT2D eigenvalue weighted by atomic mass is 10.3. The van der Waals surface area contributed by atoms with E-state index >= 15 is 0 Å². The Labute approximate surface area is 135 Å². The van der Waals surface area contributed by atoms with Crippen LogP contribution in [0, 0.1) is 0 Å². The summed E-state index contributed by atoms with van der Waals surface area (Å²) in [4.78, 5) is 24.1. The quantitative estimate of drug-likeness (QED) is 0.783. The van der Waals surface area contributed by atoms with Crippen LogP contribution in [0.3, 0.4) is 0 Å². The minimum absolute atomic E-state index is 0.168. The van der Waals surface area contributed by atoms with E-state index in [2.05, 4.69) is 25.4 Å². The Bertz CT molecular complexity index is 837. The molecule has 0 radical (unpaired) electrons. The van der Waals surface area contributed by atoms with Gasteiger partial charge in [0.1, 0.15) is 11.4 Å². The fourth-order valence-corrected chi connectivity index (χ4v) is 1.96. The van der Waals surface area contributed by atoms with Gasteiger partial charge in [0.15, 0.2) is 0 Å². The van der Waals surface area contributed by atoms with Crippen LogP contribution < -0.4 is 10.1 Å². The Kier molecular flexibility index (Phi) is 4.15. The summed E-state index contributed by atoms with van der Waals surface area (Å²) in [5.41, 5.74) is 0.792. The topological polar surface area (TPSA) is 103 Å². The highest BCUT2D eigenvalue weighted by Crippen LogP contribution is 2.28. The van der Waals surface area contributed by atoms with Crippen molar-refractivity contribution in [3.05, 3.63) is 47.7 Å². The molecule has 116 valence electrons. The normalized spacial score (nSPS) is 10.3. The number of ether oxygens (including phenoxy) is 1. The zero-order valence-electron chi connectivity index (χ0n) is 11.9. The van der Waals surface area contributed by atoms with E-state index in [1.54, 1.807) is 18.2 Å². The number of hydrogen-bond acceptors (Lipinski definition) is 7. The van der Waals surface area contributed by atoms with Gasteiger partial charge in [-0.2, -0.15) is 4.98 Å². The second kappa shape index (κ2) is 6.41. The summed E-state index contributed by atoms with van der Waals surface area (Å²) in [6.45, 7) is 0. The molecule has 2 aromatic heterocycles. The molecule has 1 amide bonds. The van der Waals surface area contributed by atoms with Crippen molar-refractivity contribution in [1.29, 1.82) is 0 Å². The Balaban J connectivity index is 1.82. The lowest BCUT2D eigenvalue weighted by Crippen LogP contribution is -2.13. The number of methoxy groups -OCH3 is 1. The molecular formula is C14H10ClN5O3. The standard InChI is InChI=1S/C14H10ClN5O3/c1-22-11-3-2-8(15)6-9(11)18-13(21)14-19-12(20-23-14)10-7-16-4-5-17-10/h2-7H,1H3,(H,18,21). The minimum Gasteiger partial charge on any atom is -0.495 e. The lowest BCUT2D eigenvalue weighted by molar-refractivity contribution is 0.0981. The van der Waals surface area contributed by atoms with E-state index in [9.17, 15) is 4.79 Å². The molecule has 0 bridgehead atoms. The molecule has 0 unspecified atom stereocenters. The minimum atomic E-state index is -0.590. The molecule has 0 fully saturated rings. The molecule has 0 atom stereocenters. The SMILES string of the molecule is COc1ccc(Cl)cc1NC(=O)c1nc(-c2cnccn2)no1. The Hall–Kier alpha value is -3.00. The summed E-state index contributed by atoms with van der Waals surface area (Å²) in [6.07, 6.45) is 4.47. The number of rotatable bonds is 4. The zero-order valence-corrected chi connectivity index (χ0v) is 12.6. The molecular weight excluding hydrogens is 322 g/mol. The first-order chi connectivity index (χ1) is 11.2. The third-order valence-corrected chi connectivity index (χ3v) is 3.06. The summed E-state index contributed by atoms with van der Waals surface area (Å²) in [6, 6.07) is 4.84. The highest BCUT2D eigenvalue weighted by atomic mass is 35.5. The number of nitrogens with one attached hydrogen (secondary N) is 1. The molecule has 0 aliphatic carbocycles. The predicted octanol–water partition coefficient (Wildman–Crippen LogP) is 2.44. The molecule has 9 heteroatoms. The highest BCUT2D eigenvalue weighted by Gasteiger charge is 2.18. The summed E-state index contributed by atoms with van der Waals surface area (Å²) in [5, 5.41) is 6.76.